The van der Waals surface area contributed by atoms with Crippen LogP contribution in [0.3, 0.4) is 0 Å². The van der Waals surface area contributed by atoms with Crippen molar-refractivity contribution < 1.29 is 28.5 Å². The van der Waals surface area contributed by atoms with E-state index in [9.17, 15) is 9.59 Å². The third kappa shape index (κ3) is 4.07. The third-order valence-electron chi connectivity index (χ3n) is 6.57. The standard InChI is InChI=1S/C27H27NO6/c1-16-24(27(30)32-11-10-31-2)25(18-8-9-22-23(14-18)34-15-33-22)26-20(28-16)12-19(13-21(26)29)17-6-4-3-5-7-17/h3-9,14,19,25,28H,10-13,15H2,1-2H3/t19-,25-/m0/s1. The van der Waals surface area contributed by atoms with Gasteiger partial charge in [-0.15, -0.1) is 0 Å². The quantitative estimate of drug-likeness (QED) is 0.515. The molecule has 176 valence electrons. The summed E-state index contributed by atoms with van der Waals surface area (Å²) in [6.45, 7) is 2.44. The average Bonchev–Trinajstić information content (AvgIpc) is 3.31. The van der Waals surface area contributed by atoms with Gasteiger partial charge in [-0.3, -0.25) is 4.79 Å². The highest BCUT2D eigenvalue weighted by atomic mass is 16.7. The zero-order valence-corrected chi connectivity index (χ0v) is 19.3. The molecule has 0 spiro atoms. The molecule has 3 aliphatic rings. The summed E-state index contributed by atoms with van der Waals surface area (Å²) < 4.78 is 21.6. The van der Waals surface area contributed by atoms with Gasteiger partial charge in [-0.2, -0.15) is 0 Å². The number of benzene rings is 2. The molecule has 0 fully saturated rings. The Morgan fingerprint density at radius 1 is 1.03 bits per heavy atom. The number of carbonyl (C=O) groups excluding carboxylic acids is 2. The van der Waals surface area contributed by atoms with E-state index < -0.39 is 11.9 Å². The van der Waals surface area contributed by atoms with Gasteiger partial charge in [-0.25, -0.2) is 4.79 Å². The van der Waals surface area contributed by atoms with Crippen LogP contribution in [-0.4, -0.2) is 38.9 Å². The van der Waals surface area contributed by atoms with E-state index in [0.717, 1.165) is 16.8 Å². The summed E-state index contributed by atoms with van der Waals surface area (Å²) in [6.07, 6.45) is 1.08. The van der Waals surface area contributed by atoms with Gasteiger partial charge in [0.15, 0.2) is 17.3 Å². The fourth-order valence-electron chi connectivity index (χ4n) is 4.99. The van der Waals surface area contributed by atoms with Gasteiger partial charge in [0.25, 0.3) is 0 Å². The van der Waals surface area contributed by atoms with Crippen molar-refractivity contribution in [3.8, 4) is 11.5 Å². The highest BCUT2D eigenvalue weighted by Crippen LogP contribution is 2.47. The van der Waals surface area contributed by atoms with Gasteiger partial charge in [-0.05, 0) is 42.5 Å². The smallest absolute Gasteiger partial charge is 0.336 e. The molecule has 34 heavy (non-hydrogen) atoms. The Kier molecular flexibility index (Phi) is 6.11. The third-order valence-corrected chi connectivity index (χ3v) is 6.57. The number of hydrogen-bond donors (Lipinski definition) is 1. The largest absolute Gasteiger partial charge is 0.460 e. The first-order valence-corrected chi connectivity index (χ1v) is 11.4. The number of rotatable bonds is 6. The summed E-state index contributed by atoms with van der Waals surface area (Å²) in [4.78, 5) is 26.8. The first-order chi connectivity index (χ1) is 16.6. The fourth-order valence-corrected chi connectivity index (χ4v) is 4.99. The Bertz CT molecular complexity index is 1180. The summed E-state index contributed by atoms with van der Waals surface area (Å²) in [5, 5.41) is 3.37. The van der Waals surface area contributed by atoms with E-state index in [1.54, 1.807) is 7.11 Å². The molecule has 1 aliphatic carbocycles. The fraction of sp³-hybridized carbons (Fsp3) is 0.333. The van der Waals surface area contributed by atoms with E-state index in [0.29, 0.717) is 47.8 Å². The van der Waals surface area contributed by atoms with E-state index >= 15 is 0 Å². The van der Waals surface area contributed by atoms with Crippen LogP contribution in [0.15, 0.2) is 71.1 Å². The van der Waals surface area contributed by atoms with Crippen molar-refractivity contribution in [1.82, 2.24) is 5.32 Å². The number of nitrogens with one attached hydrogen (secondary N) is 1. The molecule has 2 aliphatic heterocycles. The lowest BCUT2D eigenvalue weighted by atomic mass is 9.71. The number of esters is 1. The monoisotopic (exact) mass is 461 g/mol. The normalized spacial score (nSPS) is 21.3. The maximum atomic E-state index is 13.6. The van der Waals surface area contributed by atoms with Crippen LogP contribution in [0.1, 0.15) is 42.7 Å². The molecule has 2 aromatic rings. The minimum Gasteiger partial charge on any atom is -0.460 e. The Morgan fingerprint density at radius 2 is 1.82 bits per heavy atom. The molecule has 0 bridgehead atoms. The van der Waals surface area contributed by atoms with Crippen molar-refractivity contribution in [2.24, 2.45) is 0 Å². The van der Waals surface area contributed by atoms with Gasteiger partial charge in [0.1, 0.15) is 6.61 Å². The molecule has 0 amide bonds. The molecule has 2 aromatic carbocycles. The molecule has 0 radical (unpaired) electrons. The van der Waals surface area contributed by atoms with Crippen molar-refractivity contribution in [2.75, 3.05) is 27.1 Å². The van der Waals surface area contributed by atoms with Gasteiger partial charge in [0.05, 0.1) is 12.2 Å². The Hall–Kier alpha value is -3.58. The highest BCUT2D eigenvalue weighted by Gasteiger charge is 2.41. The topological polar surface area (TPSA) is 83.1 Å². The van der Waals surface area contributed by atoms with Crippen LogP contribution in [0.5, 0.6) is 11.5 Å². The Morgan fingerprint density at radius 3 is 2.62 bits per heavy atom. The zero-order chi connectivity index (χ0) is 23.7. The summed E-state index contributed by atoms with van der Waals surface area (Å²) in [7, 11) is 1.55. The summed E-state index contributed by atoms with van der Waals surface area (Å²) in [6, 6.07) is 15.6. The predicted molar refractivity (Wildman–Crippen MR) is 124 cm³/mol. The number of ketones is 1. The number of dihydropyridines is 1. The first-order valence-electron chi connectivity index (χ1n) is 11.4. The van der Waals surface area contributed by atoms with Gasteiger partial charge < -0.3 is 24.3 Å². The van der Waals surface area contributed by atoms with E-state index in [2.05, 4.69) is 17.4 Å². The number of hydrogen-bond acceptors (Lipinski definition) is 7. The van der Waals surface area contributed by atoms with Crippen LogP contribution < -0.4 is 14.8 Å². The van der Waals surface area contributed by atoms with Crippen molar-refractivity contribution >= 4 is 11.8 Å². The second kappa shape index (κ2) is 9.35. The van der Waals surface area contributed by atoms with Crippen molar-refractivity contribution in [3.05, 3.63) is 82.2 Å². The van der Waals surface area contributed by atoms with Gasteiger partial charge >= 0.3 is 5.97 Å². The van der Waals surface area contributed by atoms with E-state index in [-0.39, 0.29) is 25.1 Å². The van der Waals surface area contributed by atoms with Crippen molar-refractivity contribution in [2.45, 2.75) is 31.6 Å². The maximum Gasteiger partial charge on any atom is 0.336 e. The second-order valence-electron chi connectivity index (χ2n) is 8.67. The lowest BCUT2D eigenvalue weighted by Crippen LogP contribution is -2.36. The molecule has 0 aromatic heterocycles. The molecular formula is C27H27NO6. The van der Waals surface area contributed by atoms with Crippen LogP contribution in [0, 0.1) is 0 Å². The molecule has 0 saturated carbocycles. The predicted octanol–water partition coefficient (Wildman–Crippen LogP) is 3.97. The minimum absolute atomic E-state index is 0.0277. The van der Waals surface area contributed by atoms with Gasteiger partial charge in [0.2, 0.25) is 6.79 Å². The Balaban J connectivity index is 1.56. The first kappa shape index (κ1) is 22.2. The van der Waals surface area contributed by atoms with Gasteiger partial charge in [0, 0.05) is 36.4 Å². The molecule has 0 unspecified atom stereocenters. The molecule has 5 rings (SSSR count). The van der Waals surface area contributed by atoms with Crippen LogP contribution in [-0.2, 0) is 19.1 Å². The minimum atomic E-state index is -0.551. The lowest BCUT2D eigenvalue weighted by molar-refractivity contribution is -0.140. The van der Waals surface area contributed by atoms with Crippen LogP contribution >= 0.6 is 0 Å². The number of fused-ring (bicyclic) bond motifs is 1. The number of methoxy groups -OCH3 is 1. The second-order valence-corrected chi connectivity index (χ2v) is 8.67. The number of carbonyl (C=O) groups is 2. The molecular weight excluding hydrogens is 434 g/mol. The maximum absolute atomic E-state index is 13.6. The van der Waals surface area contributed by atoms with Crippen molar-refractivity contribution in [1.29, 1.82) is 0 Å². The van der Waals surface area contributed by atoms with Crippen LogP contribution in [0.25, 0.3) is 0 Å². The van der Waals surface area contributed by atoms with E-state index in [1.807, 2.05) is 43.3 Å². The SMILES string of the molecule is COCCOC(=O)C1=C(C)NC2=C(C(=O)C[C@@H](c3ccccc3)C2)[C@H]1c1ccc2c(c1)OCO2. The van der Waals surface area contributed by atoms with Gasteiger partial charge in [-0.1, -0.05) is 36.4 Å². The number of Topliss-reactive ketones (excluding diaryl/α,β-unsaturated/α-hetero) is 1. The van der Waals surface area contributed by atoms with E-state index in [1.165, 1.54) is 0 Å². The molecule has 7 heteroatoms. The average molecular weight is 462 g/mol. The molecule has 0 saturated heterocycles. The van der Waals surface area contributed by atoms with Crippen molar-refractivity contribution in [3.63, 3.8) is 0 Å². The lowest BCUT2D eigenvalue weighted by Gasteiger charge is -2.36. The summed E-state index contributed by atoms with van der Waals surface area (Å²) >= 11 is 0. The highest BCUT2D eigenvalue weighted by molar-refractivity contribution is 6.04. The molecule has 2 heterocycles. The zero-order valence-electron chi connectivity index (χ0n) is 19.3. The molecule has 1 N–H and O–H groups in total. The summed E-state index contributed by atoms with van der Waals surface area (Å²) in [5.41, 5.74) is 4.53. The molecule has 7 nitrogen and oxygen atoms in total. The van der Waals surface area contributed by atoms with Crippen LogP contribution in [0.2, 0.25) is 0 Å². The number of allylic oxidation sites excluding steroid dienone is 3. The summed E-state index contributed by atoms with van der Waals surface area (Å²) in [5.74, 6) is 0.351. The molecule has 2 atom stereocenters. The van der Waals surface area contributed by atoms with E-state index in [4.69, 9.17) is 18.9 Å². The Labute approximate surface area is 198 Å². The van der Waals surface area contributed by atoms with Crippen LogP contribution in [0.4, 0.5) is 0 Å². The number of ether oxygens (including phenoxy) is 4.